The average Bonchev–Trinajstić information content (AvgIpc) is 2.27. The summed E-state index contributed by atoms with van der Waals surface area (Å²) in [6, 6.07) is 4.36. The molecule has 0 radical (unpaired) electrons. The highest BCUT2D eigenvalue weighted by Crippen LogP contribution is 2.41. The number of aryl methyl sites for hydroxylation is 1. The lowest BCUT2D eigenvalue weighted by Gasteiger charge is -2.34. The molecule has 3 heteroatoms. The van der Waals surface area contributed by atoms with Crippen LogP contribution >= 0.6 is 23.2 Å². The average molecular weight is 272 g/mol. The van der Waals surface area contributed by atoms with E-state index < -0.39 is 0 Å². The summed E-state index contributed by atoms with van der Waals surface area (Å²) in [6.07, 6.45) is 3.16. The summed E-state index contributed by atoms with van der Waals surface area (Å²) in [4.78, 5) is 0. The monoisotopic (exact) mass is 271 g/mol. The van der Waals surface area contributed by atoms with Crippen LogP contribution in [0.4, 0.5) is 5.69 Å². The number of fused-ring (bicyclic) bond motifs is 1. The van der Waals surface area contributed by atoms with Crippen molar-refractivity contribution in [3.8, 4) is 0 Å². The summed E-state index contributed by atoms with van der Waals surface area (Å²) in [7, 11) is 0. The minimum Gasteiger partial charge on any atom is -0.384 e. The van der Waals surface area contributed by atoms with E-state index in [-0.39, 0.29) is 5.41 Å². The first-order valence-electron chi connectivity index (χ1n) is 6.17. The summed E-state index contributed by atoms with van der Waals surface area (Å²) in [5.74, 6) is 0.705. The maximum Gasteiger partial charge on any atom is 0.0643 e. The molecule has 17 heavy (non-hydrogen) atoms. The number of hydrogen-bond donors (Lipinski definition) is 1. The SMILES string of the molecule is CC1(C)CCNc2c(Cl)cc(CCCCl)cc21. The quantitative estimate of drug-likeness (QED) is 0.792. The molecule has 94 valence electrons. The Hall–Kier alpha value is -0.400. The summed E-state index contributed by atoms with van der Waals surface area (Å²) >= 11 is 12.1. The van der Waals surface area contributed by atoms with Gasteiger partial charge in [-0.3, -0.25) is 0 Å². The van der Waals surface area contributed by atoms with Crippen molar-refractivity contribution in [1.29, 1.82) is 0 Å². The second-order valence-electron chi connectivity index (χ2n) is 5.35. The van der Waals surface area contributed by atoms with Gasteiger partial charge in [-0.15, -0.1) is 11.6 Å². The van der Waals surface area contributed by atoms with Crippen molar-refractivity contribution in [3.05, 3.63) is 28.3 Å². The van der Waals surface area contributed by atoms with Crippen LogP contribution in [-0.2, 0) is 11.8 Å². The van der Waals surface area contributed by atoms with Crippen LogP contribution in [0.15, 0.2) is 12.1 Å². The van der Waals surface area contributed by atoms with Gasteiger partial charge in [0.1, 0.15) is 0 Å². The Morgan fingerprint density at radius 1 is 1.35 bits per heavy atom. The van der Waals surface area contributed by atoms with Crippen LogP contribution in [0.25, 0.3) is 0 Å². The fourth-order valence-electron chi connectivity index (χ4n) is 2.43. The molecule has 1 aromatic carbocycles. The number of rotatable bonds is 3. The third kappa shape index (κ3) is 2.71. The lowest BCUT2D eigenvalue weighted by Crippen LogP contribution is -2.28. The molecule has 1 aromatic rings. The molecule has 0 aromatic heterocycles. The first-order chi connectivity index (χ1) is 8.04. The first-order valence-corrected chi connectivity index (χ1v) is 7.08. The van der Waals surface area contributed by atoms with E-state index in [0.717, 1.165) is 36.5 Å². The van der Waals surface area contributed by atoms with Crippen molar-refractivity contribution in [1.82, 2.24) is 0 Å². The predicted octanol–water partition coefficient (Wildman–Crippen LogP) is 4.60. The zero-order valence-corrected chi connectivity index (χ0v) is 12.0. The number of halogens is 2. The van der Waals surface area contributed by atoms with Crippen LogP contribution in [0.1, 0.15) is 37.8 Å². The van der Waals surface area contributed by atoms with E-state index in [1.807, 2.05) is 0 Å². The van der Waals surface area contributed by atoms with E-state index in [4.69, 9.17) is 23.2 Å². The molecule has 0 atom stereocenters. The standard InChI is InChI=1S/C14H19Cl2N/c1-14(2)5-7-17-13-11(14)8-10(4-3-6-15)9-12(13)16/h8-9,17H,3-7H2,1-2H3. The zero-order chi connectivity index (χ0) is 12.5. The molecular weight excluding hydrogens is 253 g/mol. The molecule has 0 spiro atoms. The number of hydrogen-bond acceptors (Lipinski definition) is 1. The molecule has 0 fully saturated rings. The van der Waals surface area contributed by atoms with Crippen LogP contribution < -0.4 is 5.32 Å². The summed E-state index contributed by atoms with van der Waals surface area (Å²) in [5.41, 5.74) is 3.98. The van der Waals surface area contributed by atoms with Gasteiger partial charge in [-0.25, -0.2) is 0 Å². The highest BCUT2D eigenvalue weighted by Gasteiger charge is 2.28. The molecule has 1 aliphatic heterocycles. The molecule has 0 aliphatic carbocycles. The van der Waals surface area contributed by atoms with Gasteiger partial charge in [-0.1, -0.05) is 31.5 Å². The summed E-state index contributed by atoms with van der Waals surface area (Å²) < 4.78 is 0. The Kier molecular flexibility index (Phi) is 3.89. The van der Waals surface area contributed by atoms with Crippen molar-refractivity contribution >= 4 is 28.9 Å². The fraction of sp³-hybridized carbons (Fsp3) is 0.571. The molecule has 0 bridgehead atoms. The smallest absolute Gasteiger partial charge is 0.0643 e. The Balaban J connectivity index is 2.39. The number of anilines is 1. The van der Waals surface area contributed by atoms with E-state index in [1.54, 1.807) is 0 Å². The Bertz CT molecular complexity index is 413. The van der Waals surface area contributed by atoms with E-state index in [2.05, 4.69) is 31.3 Å². The number of benzene rings is 1. The lowest BCUT2D eigenvalue weighted by molar-refractivity contribution is 0.481. The molecule has 1 nitrogen and oxygen atoms in total. The maximum atomic E-state index is 6.36. The second-order valence-corrected chi connectivity index (χ2v) is 6.14. The topological polar surface area (TPSA) is 12.0 Å². The highest BCUT2D eigenvalue weighted by atomic mass is 35.5. The first kappa shape index (κ1) is 13.0. The summed E-state index contributed by atoms with van der Waals surface area (Å²) in [5, 5.41) is 4.26. The van der Waals surface area contributed by atoms with Crippen molar-refractivity contribution in [3.63, 3.8) is 0 Å². The van der Waals surface area contributed by atoms with Gasteiger partial charge in [-0.05, 0) is 41.9 Å². The number of alkyl halides is 1. The molecule has 1 N–H and O–H groups in total. The molecule has 0 unspecified atom stereocenters. The molecule has 0 saturated heterocycles. The van der Waals surface area contributed by atoms with Gasteiger partial charge in [0, 0.05) is 12.4 Å². The van der Waals surface area contributed by atoms with Crippen molar-refractivity contribution < 1.29 is 0 Å². The van der Waals surface area contributed by atoms with Crippen LogP contribution in [-0.4, -0.2) is 12.4 Å². The minimum absolute atomic E-state index is 0.210. The van der Waals surface area contributed by atoms with Crippen molar-refractivity contribution in [2.75, 3.05) is 17.7 Å². The Morgan fingerprint density at radius 2 is 2.12 bits per heavy atom. The van der Waals surface area contributed by atoms with Gasteiger partial charge in [0.05, 0.1) is 10.7 Å². The van der Waals surface area contributed by atoms with E-state index in [0.29, 0.717) is 5.88 Å². The van der Waals surface area contributed by atoms with Crippen molar-refractivity contribution in [2.24, 2.45) is 0 Å². The predicted molar refractivity (Wildman–Crippen MR) is 76.6 cm³/mol. The lowest BCUT2D eigenvalue weighted by atomic mass is 9.77. The Morgan fingerprint density at radius 3 is 2.82 bits per heavy atom. The number of nitrogens with one attached hydrogen (secondary N) is 1. The molecular formula is C14H19Cl2N. The van der Waals surface area contributed by atoms with E-state index in [9.17, 15) is 0 Å². The van der Waals surface area contributed by atoms with Gasteiger partial charge in [0.25, 0.3) is 0 Å². The van der Waals surface area contributed by atoms with E-state index in [1.165, 1.54) is 11.1 Å². The van der Waals surface area contributed by atoms with Crippen LogP contribution in [0.5, 0.6) is 0 Å². The fourth-order valence-corrected chi connectivity index (χ4v) is 2.87. The molecule has 1 aliphatic rings. The molecule has 1 heterocycles. The van der Waals surface area contributed by atoms with Gasteiger partial charge >= 0.3 is 0 Å². The van der Waals surface area contributed by atoms with Crippen LogP contribution in [0.2, 0.25) is 5.02 Å². The third-order valence-corrected chi connectivity index (χ3v) is 4.10. The van der Waals surface area contributed by atoms with Crippen molar-refractivity contribution in [2.45, 2.75) is 38.5 Å². The largest absolute Gasteiger partial charge is 0.384 e. The van der Waals surface area contributed by atoms with Crippen LogP contribution in [0.3, 0.4) is 0 Å². The third-order valence-electron chi connectivity index (χ3n) is 3.53. The minimum atomic E-state index is 0.210. The highest BCUT2D eigenvalue weighted by molar-refractivity contribution is 6.33. The van der Waals surface area contributed by atoms with Crippen LogP contribution in [0, 0.1) is 0 Å². The van der Waals surface area contributed by atoms with Gasteiger partial charge in [0.2, 0.25) is 0 Å². The normalized spacial score (nSPS) is 17.4. The Labute approximate surface area is 114 Å². The molecule has 0 amide bonds. The summed E-state index contributed by atoms with van der Waals surface area (Å²) in [6.45, 7) is 5.57. The molecule has 0 saturated carbocycles. The zero-order valence-electron chi connectivity index (χ0n) is 10.4. The van der Waals surface area contributed by atoms with Gasteiger partial charge in [0.15, 0.2) is 0 Å². The van der Waals surface area contributed by atoms with Gasteiger partial charge in [-0.2, -0.15) is 0 Å². The van der Waals surface area contributed by atoms with E-state index >= 15 is 0 Å². The second kappa shape index (κ2) is 5.07. The van der Waals surface area contributed by atoms with Gasteiger partial charge < -0.3 is 5.32 Å². The maximum absolute atomic E-state index is 6.36. The molecule has 2 rings (SSSR count).